The molecule has 0 spiro atoms. The van der Waals surface area contributed by atoms with Crippen molar-refractivity contribution < 1.29 is 38.1 Å². The fraction of sp³-hybridized carbons (Fsp3) is 0.484. The monoisotopic (exact) mass is 555 g/mol. The fourth-order valence-electron chi connectivity index (χ4n) is 3.53. The SMILES string of the molecule is C[C@@H](COC(=O)c1ccccc1)OC(=O)[C@@H](N)Cc1ccc(OC(=O)CC(C)(C)C)c(OC(=O)CC(C)(C)C)c1. The van der Waals surface area contributed by atoms with Gasteiger partial charge in [0.1, 0.15) is 18.8 Å². The number of hydrogen-bond acceptors (Lipinski definition) is 9. The molecule has 2 atom stereocenters. The highest BCUT2D eigenvalue weighted by Gasteiger charge is 2.24. The van der Waals surface area contributed by atoms with Crippen LogP contribution < -0.4 is 15.2 Å². The predicted octanol–water partition coefficient (Wildman–Crippen LogP) is 5.03. The van der Waals surface area contributed by atoms with Crippen LogP contribution in [0.5, 0.6) is 11.5 Å². The van der Waals surface area contributed by atoms with Crippen LogP contribution in [0.1, 0.15) is 77.2 Å². The van der Waals surface area contributed by atoms with Gasteiger partial charge in [-0.05, 0) is 54.0 Å². The first-order valence-electron chi connectivity index (χ1n) is 13.2. The zero-order valence-electron chi connectivity index (χ0n) is 24.4. The Balaban J connectivity index is 2.06. The molecule has 0 unspecified atom stereocenters. The number of rotatable bonds is 11. The smallest absolute Gasteiger partial charge is 0.338 e. The van der Waals surface area contributed by atoms with E-state index in [1.165, 1.54) is 12.1 Å². The number of nitrogens with two attached hydrogens (primary N) is 1. The average molecular weight is 556 g/mol. The Labute approximate surface area is 236 Å². The molecule has 2 aromatic carbocycles. The summed E-state index contributed by atoms with van der Waals surface area (Å²) in [6.07, 6.45) is -0.343. The van der Waals surface area contributed by atoms with Gasteiger partial charge in [0, 0.05) is 0 Å². The molecule has 0 aromatic heterocycles. The average Bonchev–Trinajstić information content (AvgIpc) is 2.82. The Morgan fingerprint density at radius 1 is 0.800 bits per heavy atom. The third-order valence-corrected chi connectivity index (χ3v) is 5.34. The quantitative estimate of drug-likeness (QED) is 0.300. The van der Waals surface area contributed by atoms with E-state index in [1.807, 2.05) is 41.5 Å². The van der Waals surface area contributed by atoms with E-state index in [0.29, 0.717) is 11.1 Å². The van der Waals surface area contributed by atoms with Crippen LogP contribution in [-0.2, 0) is 30.3 Å². The molecule has 218 valence electrons. The van der Waals surface area contributed by atoms with Crippen molar-refractivity contribution in [2.75, 3.05) is 6.61 Å². The lowest BCUT2D eigenvalue weighted by Gasteiger charge is -2.20. The van der Waals surface area contributed by atoms with Gasteiger partial charge in [-0.3, -0.25) is 14.4 Å². The Kier molecular flexibility index (Phi) is 11.4. The van der Waals surface area contributed by atoms with E-state index in [2.05, 4.69) is 0 Å². The summed E-state index contributed by atoms with van der Waals surface area (Å²) in [7, 11) is 0. The maximum Gasteiger partial charge on any atom is 0.338 e. The van der Waals surface area contributed by atoms with E-state index < -0.39 is 36.0 Å². The van der Waals surface area contributed by atoms with Crippen LogP contribution in [0.3, 0.4) is 0 Å². The molecule has 0 aliphatic carbocycles. The van der Waals surface area contributed by atoms with Crippen LogP contribution in [0, 0.1) is 10.8 Å². The molecule has 9 heteroatoms. The molecule has 0 fully saturated rings. The molecule has 0 aliphatic heterocycles. The van der Waals surface area contributed by atoms with E-state index in [9.17, 15) is 19.2 Å². The summed E-state index contributed by atoms with van der Waals surface area (Å²) in [5.74, 6) is -1.99. The van der Waals surface area contributed by atoms with Gasteiger partial charge >= 0.3 is 23.9 Å². The first-order valence-corrected chi connectivity index (χ1v) is 13.2. The van der Waals surface area contributed by atoms with Crippen molar-refractivity contribution in [3.63, 3.8) is 0 Å². The number of hydrogen-bond donors (Lipinski definition) is 1. The maximum atomic E-state index is 12.6. The van der Waals surface area contributed by atoms with Gasteiger partial charge in [-0.25, -0.2) is 4.79 Å². The highest BCUT2D eigenvalue weighted by molar-refractivity contribution is 5.89. The first-order chi connectivity index (χ1) is 18.5. The summed E-state index contributed by atoms with van der Waals surface area (Å²) in [6, 6.07) is 12.1. The molecule has 0 aliphatic rings. The number of esters is 4. The van der Waals surface area contributed by atoms with Gasteiger partial charge in [-0.2, -0.15) is 0 Å². The summed E-state index contributed by atoms with van der Waals surface area (Å²) in [5.41, 5.74) is 6.46. The lowest BCUT2D eigenvalue weighted by atomic mass is 9.92. The summed E-state index contributed by atoms with van der Waals surface area (Å²) in [5, 5.41) is 0. The third kappa shape index (κ3) is 12.0. The molecule has 2 N–H and O–H groups in total. The Hall–Kier alpha value is -3.72. The number of benzene rings is 2. The third-order valence-electron chi connectivity index (χ3n) is 5.34. The standard InChI is InChI=1S/C31H41NO8/c1-20(19-37-28(35)22-11-9-8-10-12-22)38-29(36)23(32)15-21-13-14-24(39-26(33)17-30(2,3)4)25(16-21)40-27(34)18-31(5,6)7/h8-14,16,20,23H,15,17-19,32H2,1-7H3/t20-,23-/m0/s1. The lowest BCUT2D eigenvalue weighted by Crippen LogP contribution is -2.37. The normalized spacial score (nSPS) is 13.1. The predicted molar refractivity (Wildman–Crippen MR) is 150 cm³/mol. The van der Waals surface area contributed by atoms with Gasteiger partial charge in [-0.15, -0.1) is 0 Å². The second-order valence-electron chi connectivity index (χ2n) is 12.2. The minimum atomic E-state index is -1.04. The topological polar surface area (TPSA) is 131 Å². The van der Waals surface area contributed by atoms with Crippen LogP contribution in [0.2, 0.25) is 0 Å². The second-order valence-corrected chi connectivity index (χ2v) is 12.2. The van der Waals surface area contributed by atoms with Gasteiger partial charge in [0.2, 0.25) is 0 Å². The highest BCUT2D eigenvalue weighted by atomic mass is 16.6. The highest BCUT2D eigenvalue weighted by Crippen LogP contribution is 2.32. The van der Waals surface area contributed by atoms with Gasteiger partial charge in [-0.1, -0.05) is 65.8 Å². The second kappa shape index (κ2) is 14.1. The molecule has 0 radical (unpaired) electrons. The van der Waals surface area contributed by atoms with Crippen LogP contribution in [0.15, 0.2) is 48.5 Å². The van der Waals surface area contributed by atoms with Crippen molar-refractivity contribution in [2.45, 2.75) is 79.9 Å². The van der Waals surface area contributed by atoms with E-state index >= 15 is 0 Å². The van der Waals surface area contributed by atoms with E-state index in [-0.39, 0.29) is 48.2 Å². The fourth-order valence-corrected chi connectivity index (χ4v) is 3.53. The molecular formula is C31H41NO8. The van der Waals surface area contributed by atoms with Crippen molar-refractivity contribution >= 4 is 23.9 Å². The minimum absolute atomic E-state index is 0.0649. The lowest BCUT2D eigenvalue weighted by molar-refractivity contribution is -0.151. The summed E-state index contributed by atoms with van der Waals surface area (Å²) >= 11 is 0. The van der Waals surface area contributed by atoms with E-state index in [0.717, 1.165) is 0 Å². The largest absolute Gasteiger partial charge is 0.458 e. The van der Waals surface area contributed by atoms with Crippen LogP contribution >= 0.6 is 0 Å². The molecule has 0 heterocycles. The summed E-state index contributed by atoms with van der Waals surface area (Å²) in [6.45, 7) is 12.9. The van der Waals surface area contributed by atoms with Crippen LogP contribution in [0.25, 0.3) is 0 Å². The van der Waals surface area contributed by atoms with Crippen molar-refractivity contribution in [1.82, 2.24) is 0 Å². The molecular weight excluding hydrogens is 514 g/mol. The zero-order chi connectivity index (χ0) is 30.1. The Morgan fingerprint density at radius 2 is 1.35 bits per heavy atom. The Bertz CT molecular complexity index is 1180. The number of carbonyl (C=O) groups is 4. The van der Waals surface area contributed by atoms with Crippen molar-refractivity contribution in [3.8, 4) is 11.5 Å². The molecule has 0 bridgehead atoms. The van der Waals surface area contributed by atoms with E-state index in [1.54, 1.807) is 43.3 Å². The van der Waals surface area contributed by atoms with Gasteiger partial charge in [0.15, 0.2) is 11.5 Å². The molecule has 0 saturated carbocycles. The molecule has 40 heavy (non-hydrogen) atoms. The molecule has 0 amide bonds. The van der Waals surface area contributed by atoms with Gasteiger partial charge in [0.05, 0.1) is 18.4 Å². The van der Waals surface area contributed by atoms with Crippen molar-refractivity contribution in [1.29, 1.82) is 0 Å². The summed E-state index contributed by atoms with van der Waals surface area (Å²) < 4.78 is 21.6. The van der Waals surface area contributed by atoms with Gasteiger partial charge in [0.25, 0.3) is 0 Å². The molecule has 2 aromatic rings. The van der Waals surface area contributed by atoms with Crippen LogP contribution in [0.4, 0.5) is 0 Å². The first kappa shape index (κ1) is 32.5. The summed E-state index contributed by atoms with van der Waals surface area (Å²) in [4.78, 5) is 49.7. The number of carbonyl (C=O) groups excluding carboxylic acids is 4. The molecule has 0 saturated heterocycles. The van der Waals surface area contributed by atoms with Crippen molar-refractivity contribution in [3.05, 3.63) is 59.7 Å². The Morgan fingerprint density at radius 3 is 1.90 bits per heavy atom. The molecule has 2 rings (SSSR count). The van der Waals surface area contributed by atoms with Crippen molar-refractivity contribution in [2.24, 2.45) is 16.6 Å². The van der Waals surface area contributed by atoms with Gasteiger partial charge < -0.3 is 24.7 Å². The maximum absolute atomic E-state index is 12.6. The minimum Gasteiger partial charge on any atom is -0.458 e. The van der Waals surface area contributed by atoms with E-state index in [4.69, 9.17) is 24.7 Å². The zero-order valence-corrected chi connectivity index (χ0v) is 24.4. The molecule has 9 nitrogen and oxygen atoms in total. The van der Waals surface area contributed by atoms with Crippen LogP contribution in [-0.4, -0.2) is 42.6 Å². The number of ether oxygens (including phenoxy) is 4.